The van der Waals surface area contributed by atoms with Crippen molar-refractivity contribution >= 4 is 17.4 Å². The van der Waals surface area contributed by atoms with Crippen molar-refractivity contribution < 1.29 is 9.59 Å². The second-order valence-corrected chi connectivity index (χ2v) is 6.85. The number of Topliss-reactive ketones (excluding diaryl/α,β-unsaturated/α-hetero) is 1. The summed E-state index contributed by atoms with van der Waals surface area (Å²) >= 11 is 0. The van der Waals surface area contributed by atoms with Gasteiger partial charge in [-0.3, -0.25) is 14.5 Å². The summed E-state index contributed by atoms with van der Waals surface area (Å²) in [5.74, 6) is -2.29. The lowest BCUT2D eigenvalue weighted by Crippen LogP contribution is -2.48. The van der Waals surface area contributed by atoms with E-state index in [1.54, 1.807) is 24.3 Å². The predicted octanol–water partition coefficient (Wildman–Crippen LogP) is 3.33. The number of rotatable bonds is 3. The van der Waals surface area contributed by atoms with E-state index in [1.165, 1.54) is 11.8 Å². The van der Waals surface area contributed by atoms with Crippen LogP contribution in [0.3, 0.4) is 0 Å². The molecule has 5 heteroatoms. The fourth-order valence-electron chi connectivity index (χ4n) is 3.74. The molecule has 2 N–H and O–H groups in total. The van der Waals surface area contributed by atoms with E-state index in [0.29, 0.717) is 5.69 Å². The number of ketones is 1. The molecule has 0 radical (unpaired) electrons. The zero-order chi connectivity index (χ0) is 19.7. The SMILES string of the molecule is CC(=O)[C@H]1C(=O)N(c2ccccc2)C(N)=C(C#N)[C@@H]1c1ccc(C)cc1C. The van der Waals surface area contributed by atoms with Gasteiger partial charge in [-0.25, -0.2) is 0 Å². The molecule has 2 aromatic carbocycles. The minimum atomic E-state index is -0.992. The lowest BCUT2D eigenvalue weighted by molar-refractivity contribution is -0.132. The van der Waals surface area contributed by atoms with Crippen LogP contribution >= 0.6 is 0 Å². The Morgan fingerprint density at radius 2 is 1.81 bits per heavy atom. The number of hydrogen-bond acceptors (Lipinski definition) is 4. The topological polar surface area (TPSA) is 87.2 Å². The standard InChI is InChI=1S/C22H21N3O2/c1-13-9-10-17(14(2)11-13)20-18(12-23)21(24)25(16-7-5-4-6-8-16)22(27)19(20)15(3)26/h4-11,19-20H,24H2,1-3H3/t19-,20+/m1/s1. The number of nitriles is 1. The van der Waals surface area contributed by atoms with Gasteiger partial charge in [-0.1, -0.05) is 42.0 Å². The van der Waals surface area contributed by atoms with Gasteiger partial charge in [0.05, 0.1) is 17.3 Å². The fraction of sp³-hybridized carbons (Fsp3) is 0.227. The summed E-state index contributed by atoms with van der Waals surface area (Å²) in [6.45, 7) is 5.27. The number of para-hydroxylation sites is 1. The molecular weight excluding hydrogens is 338 g/mol. The monoisotopic (exact) mass is 359 g/mol. The Labute approximate surface area is 158 Å². The third-order valence-corrected chi connectivity index (χ3v) is 4.98. The van der Waals surface area contributed by atoms with Crippen molar-refractivity contribution in [3.63, 3.8) is 0 Å². The fourth-order valence-corrected chi connectivity index (χ4v) is 3.74. The first-order chi connectivity index (χ1) is 12.9. The van der Waals surface area contributed by atoms with E-state index in [-0.39, 0.29) is 17.2 Å². The third kappa shape index (κ3) is 3.11. The van der Waals surface area contributed by atoms with Crippen LogP contribution in [0.2, 0.25) is 0 Å². The van der Waals surface area contributed by atoms with Crippen LogP contribution in [0.1, 0.15) is 29.5 Å². The van der Waals surface area contributed by atoms with E-state index in [1.807, 2.05) is 38.1 Å². The molecule has 0 unspecified atom stereocenters. The zero-order valence-electron chi connectivity index (χ0n) is 15.6. The highest BCUT2D eigenvalue weighted by Crippen LogP contribution is 2.42. The van der Waals surface area contributed by atoms with Crippen molar-refractivity contribution in [2.45, 2.75) is 26.7 Å². The van der Waals surface area contributed by atoms with Gasteiger partial charge in [-0.15, -0.1) is 0 Å². The van der Waals surface area contributed by atoms with E-state index >= 15 is 0 Å². The van der Waals surface area contributed by atoms with Gasteiger partial charge in [0.1, 0.15) is 17.5 Å². The molecule has 1 heterocycles. The lowest BCUT2D eigenvalue weighted by atomic mass is 9.74. The van der Waals surface area contributed by atoms with Gasteiger partial charge in [0.15, 0.2) is 0 Å². The molecule has 2 atom stereocenters. The van der Waals surface area contributed by atoms with Gasteiger partial charge < -0.3 is 5.73 Å². The summed E-state index contributed by atoms with van der Waals surface area (Å²) in [7, 11) is 0. The zero-order valence-corrected chi connectivity index (χ0v) is 15.6. The molecule has 2 aromatic rings. The van der Waals surface area contributed by atoms with Crippen molar-refractivity contribution in [3.05, 3.63) is 76.6 Å². The summed E-state index contributed by atoms with van der Waals surface area (Å²) in [6.07, 6.45) is 0. The number of nitrogens with zero attached hydrogens (tertiary/aromatic N) is 2. The highest BCUT2D eigenvalue weighted by atomic mass is 16.2. The molecule has 0 fully saturated rings. The Bertz CT molecular complexity index is 986. The van der Waals surface area contributed by atoms with Crippen LogP contribution in [0, 0.1) is 31.1 Å². The van der Waals surface area contributed by atoms with E-state index in [2.05, 4.69) is 6.07 Å². The molecule has 0 spiro atoms. The molecule has 27 heavy (non-hydrogen) atoms. The van der Waals surface area contributed by atoms with Gasteiger partial charge in [0.25, 0.3) is 0 Å². The maximum atomic E-state index is 13.3. The normalized spacial score (nSPS) is 19.8. The first-order valence-corrected chi connectivity index (χ1v) is 8.73. The van der Waals surface area contributed by atoms with E-state index < -0.39 is 17.7 Å². The Morgan fingerprint density at radius 1 is 1.15 bits per heavy atom. The molecule has 0 saturated heterocycles. The van der Waals surface area contributed by atoms with Crippen molar-refractivity contribution in [3.8, 4) is 6.07 Å². The van der Waals surface area contributed by atoms with Crippen molar-refractivity contribution in [2.75, 3.05) is 4.90 Å². The molecule has 0 bridgehead atoms. The summed E-state index contributed by atoms with van der Waals surface area (Å²) in [4.78, 5) is 27.1. The average Bonchev–Trinajstić information content (AvgIpc) is 2.62. The number of benzene rings is 2. The van der Waals surface area contributed by atoms with Crippen LogP contribution in [0.5, 0.6) is 0 Å². The molecule has 136 valence electrons. The van der Waals surface area contributed by atoms with E-state index in [0.717, 1.165) is 16.7 Å². The van der Waals surface area contributed by atoms with Gasteiger partial charge in [0.2, 0.25) is 5.91 Å². The number of nitrogens with two attached hydrogens (primary N) is 1. The molecule has 0 aliphatic carbocycles. The number of hydrogen-bond donors (Lipinski definition) is 1. The summed E-state index contributed by atoms with van der Waals surface area (Å²) < 4.78 is 0. The van der Waals surface area contributed by atoms with E-state index in [4.69, 9.17) is 5.73 Å². The lowest BCUT2D eigenvalue weighted by Gasteiger charge is -2.37. The number of carbonyl (C=O) groups excluding carboxylic acids is 2. The van der Waals surface area contributed by atoms with Crippen molar-refractivity contribution in [1.82, 2.24) is 0 Å². The van der Waals surface area contributed by atoms with Crippen LogP contribution < -0.4 is 10.6 Å². The average molecular weight is 359 g/mol. The molecule has 3 rings (SSSR count). The van der Waals surface area contributed by atoms with Crippen molar-refractivity contribution in [2.24, 2.45) is 11.7 Å². The molecule has 1 aliphatic heterocycles. The van der Waals surface area contributed by atoms with Crippen molar-refractivity contribution in [1.29, 1.82) is 5.26 Å². The Balaban J connectivity index is 2.27. The van der Waals surface area contributed by atoms with Crippen LogP contribution in [-0.4, -0.2) is 11.7 Å². The predicted molar refractivity (Wildman–Crippen MR) is 104 cm³/mol. The molecular formula is C22H21N3O2. The van der Waals surface area contributed by atoms with Gasteiger partial charge in [-0.2, -0.15) is 5.26 Å². The number of carbonyl (C=O) groups is 2. The quantitative estimate of drug-likeness (QED) is 0.852. The largest absolute Gasteiger partial charge is 0.384 e. The maximum absolute atomic E-state index is 13.3. The maximum Gasteiger partial charge on any atom is 0.244 e. The van der Waals surface area contributed by atoms with Crippen LogP contribution in [0.25, 0.3) is 0 Å². The molecule has 1 aliphatic rings. The molecule has 1 amide bonds. The third-order valence-electron chi connectivity index (χ3n) is 4.98. The Hall–Kier alpha value is -3.39. The van der Waals surface area contributed by atoms with Crippen LogP contribution in [-0.2, 0) is 9.59 Å². The second kappa shape index (κ2) is 7.08. The van der Waals surface area contributed by atoms with Gasteiger partial charge >= 0.3 is 0 Å². The highest BCUT2D eigenvalue weighted by Gasteiger charge is 2.45. The number of aryl methyl sites for hydroxylation is 2. The van der Waals surface area contributed by atoms with E-state index in [9.17, 15) is 14.9 Å². The van der Waals surface area contributed by atoms with Gasteiger partial charge in [-0.05, 0) is 44.0 Å². The molecule has 0 saturated carbocycles. The molecule has 0 aromatic heterocycles. The number of allylic oxidation sites excluding steroid dienone is 1. The smallest absolute Gasteiger partial charge is 0.244 e. The van der Waals surface area contributed by atoms with Gasteiger partial charge in [0, 0.05) is 5.92 Å². The number of anilines is 1. The van der Waals surface area contributed by atoms with Crippen LogP contribution in [0.15, 0.2) is 59.9 Å². The Kier molecular flexibility index (Phi) is 4.83. The first kappa shape index (κ1) is 18.4. The Morgan fingerprint density at radius 3 is 2.37 bits per heavy atom. The molecule has 5 nitrogen and oxygen atoms in total. The highest BCUT2D eigenvalue weighted by molar-refractivity contribution is 6.12. The minimum Gasteiger partial charge on any atom is -0.384 e. The minimum absolute atomic E-state index is 0.0798. The van der Waals surface area contributed by atoms with Crippen LogP contribution in [0.4, 0.5) is 5.69 Å². The summed E-state index contributed by atoms with van der Waals surface area (Å²) in [6, 6.07) is 16.8. The summed E-state index contributed by atoms with van der Waals surface area (Å²) in [5, 5.41) is 9.85. The first-order valence-electron chi connectivity index (χ1n) is 8.73. The summed E-state index contributed by atoms with van der Waals surface area (Å²) in [5.41, 5.74) is 9.83. The second-order valence-electron chi connectivity index (χ2n) is 6.85. The number of amides is 1.